The maximum absolute atomic E-state index is 13.9. The molecule has 0 saturated carbocycles. The number of hydrogen-bond acceptors (Lipinski definition) is 7. The summed E-state index contributed by atoms with van der Waals surface area (Å²) in [5.74, 6) is -0.557. The smallest absolute Gasteiger partial charge is 0.230 e. The largest absolute Gasteiger partial charge is 0.479 e. The summed E-state index contributed by atoms with van der Waals surface area (Å²) >= 11 is 0. The number of nitrogens with two attached hydrogens (primary N) is 1. The summed E-state index contributed by atoms with van der Waals surface area (Å²) in [6.45, 7) is 5.18. The number of likely N-dealkylation sites (N-methyl/N-ethyl adjacent to an activating group) is 1. The molecule has 140 valence electrons. The molecule has 0 amide bonds. The molecule has 1 aliphatic heterocycles. The lowest BCUT2D eigenvalue weighted by molar-refractivity contribution is 0.181. The lowest BCUT2D eigenvalue weighted by Crippen LogP contribution is -2.45. The van der Waals surface area contributed by atoms with E-state index in [1.807, 2.05) is 11.8 Å². The molecule has 7 nitrogen and oxygen atoms in total. The van der Waals surface area contributed by atoms with E-state index < -0.39 is 17.7 Å². The van der Waals surface area contributed by atoms with E-state index in [9.17, 15) is 8.78 Å². The van der Waals surface area contributed by atoms with Gasteiger partial charge in [0.15, 0.2) is 23.5 Å². The third-order valence-electron chi connectivity index (χ3n) is 4.27. The molecule has 1 atom stereocenters. The zero-order valence-electron chi connectivity index (χ0n) is 14.8. The number of benzene rings is 1. The average molecular weight is 364 g/mol. The Morgan fingerprint density at radius 1 is 1.15 bits per heavy atom. The third kappa shape index (κ3) is 4.16. The standard InChI is InChI=1S/C17H22F2N6O/c1-3-13(26-14-10-11(18)4-5-12(14)19)15-21-16(20)23-17(22-15)25-8-6-24(2)7-9-25/h4-5,10,13H,3,6-9H2,1-2H3,(H2,20,21,22,23). The van der Waals surface area contributed by atoms with Crippen LogP contribution in [0.5, 0.6) is 5.75 Å². The molecule has 0 bridgehead atoms. The highest BCUT2D eigenvalue weighted by Crippen LogP contribution is 2.27. The van der Waals surface area contributed by atoms with Crippen LogP contribution in [0.1, 0.15) is 25.3 Å². The predicted octanol–water partition coefficient (Wildman–Crippen LogP) is 2.01. The third-order valence-corrected chi connectivity index (χ3v) is 4.27. The van der Waals surface area contributed by atoms with Crippen molar-refractivity contribution >= 4 is 11.9 Å². The van der Waals surface area contributed by atoms with Crippen molar-refractivity contribution < 1.29 is 13.5 Å². The van der Waals surface area contributed by atoms with E-state index in [2.05, 4.69) is 26.9 Å². The van der Waals surface area contributed by atoms with Crippen molar-refractivity contribution in [3.05, 3.63) is 35.7 Å². The van der Waals surface area contributed by atoms with Gasteiger partial charge in [-0.05, 0) is 25.6 Å². The van der Waals surface area contributed by atoms with Crippen LogP contribution in [0, 0.1) is 11.6 Å². The van der Waals surface area contributed by atoms with Crippen LogP contribution >= 0.6 is 0 Å². The van der Waals surface area contributed by atoms with Crippen molar-refractivity contribution in [1.29, 1.82) is 0 Å². The quantitative estimate of drug-likeness (QED) is 0.869. The molecule has 9 heteroatoms. The van der Waals surface area contributed by atoms with Gasteiger partial charge in [-0.3, -0.25) is 0 Å². The first-order valence-electron chi connectivity index (χ1n) is 8.53. The van der Waals surface area contributed by atoms with Gasteiger partial charge in [-0.2, -0.15) is 15.0 Å². The molecular formula is C17H22F2N6O. The molecule has 2 heterocycles. The molecule has 2 aromatic rings. The van der Waals surface area contributed by atoms with Crippen LogP contribution in [0.25, 0.3) is 0 Å². The summed E-state index contributed by atoms with van der Waals surface area (Å²) in [5, 5.41) is 0. The van der Waals surface area contributed by atoms with E-state index in [0.717, 1.165) is 44.4 Å². The summed E-state index contributed by atoms with van der Waals surface area (Å²) < 4.78 is 32.9. The number of nitrogens with zero attached hydrogens (tertiary/aromatic N) is 5. The Kier molecular flexibility index (Phi) is 5.46. The summed E-state index contributed by atoms with van der Waals surface area (Å²) in [6, 6.07) is 3.06. The fourth-order valence-electron chi connectivity index (χ4n) is 2.73. The Labute approximate surface area is 150 Å². The van der Waals surface area contributed by atoms with E-state index >= 15 is 0 Å². The molecule has 1 aromatic heterocycles. The molecule has 1 fully saturated rings. The fraction of sp³-hybridized carbons (Fsp3) is 0.471. The highest BCUT2D eigenvalue weighted by molar-refractivity contribution is 5.36. The second-order valence-electron chi connectivity index (χ2n) is 6.23. The van der Waals surface area contributed by atoms with Crippen LogP contribution in [0.2, 0.25) is 0 Å². The molecular weight excluding hydrogens is 342 g/mol. The number of rotatable bonds is 5. The second-order valence-corrected chi connectivity index (χ2v) is 6.23. The topological polar surface area (TPSA) is 80.4 Å². The first-order chi connectivity index (χ1) is 12.5. The Bertz CT molecular complexity index is 767. The van der Waals surface area contributed by atoms with E-state index in [1.54, 1.807) is 0 Å². The van der Waals surface area contributed by atoms with Crippen molar-refractivity contribution in [2.24, 2.45) is 0 Å². The van der Waals surface area contributed by atoms with Gasteiger partial charge in [-0.15, -0.1) is 0 Å². The minimum Gasteiger partial charge on any atom is -0.479 e. The number of anilines is 2. The lowest BCUT2D eigenvalue weighted by Gasteiger charge is -2.32. The lowest BCUT2D eigenvalue weighted by atomic mass is 10.2. The van der Waals surface area contributed by atoms with Gasteiger partial charge < -0.3 is 20.3 Å². The predicted molar refractivity (Wildman–Crippen MR) is 94.0 cm³/mol. The van der Waals surface area contributed by atoms with E-state index in [-0.39, 0.29) is 11.7 Å². The highest BCUT2D eigenvalue weighted by atomic mass is 19.1. The van der Waals surface area contributed by atoms with Gasteiger partial charge in [0, 0.05) is 32.2 Å². The average Bonchev–Trinajstić information content (AvgIpc) is 2.62. The van der Waals surface area contributed by atoms with Gasteiger partial charge in [0.2, 0.25) is 11.9 Å². The molecule has 0 radical (unpaired) electrons. The van der Waals surface area contributed by atoms with Crippen LogP contribution in [0.15, 0.2) is 18.2 Å². The Hall–Kier alpha value is -2.55. The minimum absolute atomic E-state index is 0.0747. The number of aromatic nitrogens is 3. The number of ether oxygens (including phenoxy) is 1. The monoisotopic (exact) mass is 364 g/mol. The van der Waals surface area contributed by atoms with Crippen LogP contribution in [-0.4, -0.2) is 53.1 Å². The summed E-state index contributed by atoms with van der Waals surface area (Å²) in [6.07, 6.45) is -0.204. The van der Waals surface area contributed by atoms with Crippen LogP contribution in [0.4, 0.5) is 20.7 Å². The second kappa shape index (κ2) is 7.77. The zero-order valence-corrected chi connectivity index (χ0v) is 14.8. The summed E-state index contributed by atoms with van der Waals surface area (Å²) in [7, 11) is 2.05. The number of nitrogen functional groups attached to an aromatic ring is 1. The molecule has 0 spiro atoms. The van der Waals surface area contributed by atoms with Crippen LogP contribution < -0.4 is 15.4 Å². The highest BCUT2D eigenvalue weighted by Gasteiger charge is 2.22. The SMILES string of the molecule is CCC(Oc1cc(F)ccc1F)c1nc(N)nc(N2CCN(C)CC2)n1. The van der Waals surface area contributed by atoms with Gasteiger partial charge >= 0.3 is 0 Å². The maximum Gasteiger partial charge on any atom is 0.230 e. The Morgan fingerprint density at radius 2 is 1.88 bits per heavy atom. The van der Waals surface area contributed by atoms with Gasteiger partial charge in [0.05, 0.1) is 0 Å². The molecule has 0 aliphatic carbocycles. The first kappa shape index (κ1) is 18.2. The van der Waals surface area contributed by atoms with Crippen molar-refractivity contribution in [2.45, 2.75) is 19.4 Å². The molecule has 26 heavy (non-hydrogen) atoms. The maximum atomic E-state index is 13.9. The summed E-state index contributed by atoms with van der Waals surface area (Å²) in [5.41, 5.74) is 5.84. The van der Waals surface area contributed by atoms with Crippen LogP contribution in [-0.2, 0) is 0 Å². The van der Waals surface area contributed by atoms with E-state index in [0.29, 0.717) is 18.2 Å². The van der Waals surface area contributed by atoms with Gasteiger partial charge in [-0.25, -0.2) is 8.78 Å². The first-order valence-corrected chi connectivity index (χ1v) is 8.53. The molecule has 1 aliphatic rings. The number of piperazine rings is 1. The molecule has 2 N–H and O–H groups in total. The van der Waals surface area contributed by atoms with Crippen molar-refractivity contribution in [3.8, 4) is 5.75 Å². The van der Waals surface area contributed by atoms with Gasteiger partial charge in [0.1, 0.15) is 5.82 Å². The molecule has 1 saturated heterocycles. The zero-order chi connectivity index (χ0) is 18.7. The van der Waals surface area contributed by atoms with Crippen molar-refractivity contribution in [1.82, 2.24) is 19.9 Å². The summed E-state index contributed by atoms with van der Waals surface area (Å²) in [4.78, 5) is 17.1. The fourth-order valence-corrected chi connectivity index (χ4v) is 2.73. The molecule has 1 unspecified atom stereocenters. The van der Waals surface area contributed by atoms with Crippen molar-refractivity contribution in [3.63, 3.8) is 0 Å². The van der Waals surface area contributed by atoms with E-state index in [1.165, 1.54) is 0 Å². The minimum atomic E-state index is -0.664. The Balaban J connectivity index is 1.85. The van der Waals surface area contributed by atoms with Crippen LogP contribution in [0.3, 0.4) is 0 Å². The van der Waals surface area contributed by atoms with Gasteiger partial charge in [-0.1, -0.05) is 6.92 Å². The molecule has 1 aromatic carbocycles. The van der Waals surface area contributed by atoms with E-state index in [4.69, 9.17) is 10.5 Å². The number of hydrogen-bond donors (Lipinski definition) is 1. The number of halogens is 2. The van der Waals surface area contributed by atoms with Crippen molar-refractivity contribution in [2.75, 3.05) is 43.9 Å². The molecule has 3 rings (SSSR count). The normalized spacial score (nSPS) is 16.5. The van der Waals surface area contributed by atoms with Gasteiger partial charge in [0.25, 0.3) is 0 Å². The Morgan fingerprint density at radius 3 is 2.58 bits per heavy atom.